The molecule has 234 valence electrons. The van der Waals surface area contributed by atoms with Crippen molar-refractivity contribution in [1.29, 1.82) is 5.41 Å². The van der Waals surface area contributed by atoms with Crippen molar-refractivity contribution >= 4 is 34.7 Å². The Morgan fingerprint density at radius 3 is 2.40 bits per heavy atom. The predicted molar refractivity (Wildman–Crippen MR) is 164 cm³/mol. The van der Waals surface area contributed by atoms with Gasteiger partial charge in [-0.3, -0.25) is 24.7 Å². The number of fused-ring (bicyclic) bond motifs is 1. The van der Waals surface area contributed by atoms with Crippen molar-refractivity contribution in [2.24, 2.45) is 5.73 Å². The number of carboxylic acids is 2. The van der Waals surface area contributed by atoms with Gasteiger partial charge in [-0.1, -0.05) is 0 Å². The maximum absolute atomic E-state index is 13.0. The molecule has 9 N–H and O–H groups in total. The van der Waals surface area contributed by atoms with E-state index in [9.17, 15) is 34.8 Å². The van der Waals surface area contributed by atoms with E-state index in [2.05, 4.69) is 20.2 Å². The van der Waals surface area contributed by atoms with E-state index in [1.54, 1.807) is 18.2 Å². The number of benzene rings is 3. The molecule has 1 unspecified atom stereocenters. The van der Waals surface area contributed by atoms with E-state index in [-0.39, 0.29) is 45.2 Å². The minimum absolute atomic E-state index is 0.0193. The second kappa shape index (κ2) is 13.0. The molecule has 0 aliphatic carbocycles. The van der Waals surface area contributed by atoms with Crippen LogP contribution >= 0.6 is 0 Å². The number of carbonyl (C=O) groups excluding carboxylic acids is 1. The average molecular weight is 617 g/mol. The second-order valence-electron chi connectivity index (χ2n) is 10.6. The quantitative estimate of drug-likeness (QED) is 0.0899. The highest BCUT2D eigenvalue weighted by Crippen LogP contribution is 2.44. The zero-order valence-corrected chi connectivity index (χ0v) is 24.0. The zero-order chi connectivity index (χ0) is 32.2. The monoisotopic (exact) mass is 616 g/mol. The number of amidine groups is 1. The molecule has 14 heteroatoms. The van der Waals surface area contributed by atoms with Crippen molar-refractivity contribution in [3.8, 4) is 34.0 Å². The first-order valence-electron chi connectivity index (χ1n) is 14.1. The van der Waals surface area contributed by atoms with Crippen molar-refractivity contribution in [3.05, 3.63) is 65.2 Å². The van der Waals surface area contributed by atoms with Crippen LogP contribution in [0.4, 0.5) is 0 Å². The summed E-state index contributed by atoms with van der Waals surface area (Å²) in [4.78, 5) is 46.5. The number of morpholine rings is 1. The van der Waals surface area contributed by atoms with Crippen LogP contribution in [0.5, 0.6) is 11.5 Å². The highest BCUT2D eigenvalue weighted by atomic mass is 16.5. The Kier molecular flexibility index (Phi) is 8.97. The minimum Gasteiger partial charge on any atom is -0.507 e. The Bertz CT molecular complexity index is 1800. The Morgan fingerprint density at radius 1 is 1.00 bits per heavy atom. The fraction of sp³-hybridized carbons (Fsp3) is 0.258. The molecule has 1 fully saturated rings. The number of hydrogen-bond donors (Lipinski definition) is 8. The first kappa shape index (κ1) is 31.0. The van der Waals surface area contributed by atoms with Gasteiger partial charge in [-0.05, 0) is 54.1 Å². The van der Waals surface area contributed by atoms with Crippen molar-refractivity contribution in [3.63, 3.8) is 0 Å². The van der Waals surface area contributed by atoms with Crippen LogP contribution in [0.25, 0.3) is 33.5 Å². The van der Waals surface area contributed by atoms with Gasteiger partial charge in [0, 0.05) is 48.4 Å². The lowest BCUT2D eigenvalue weighted by molar-refractivity contribution is -0.145. The lowest BCUT2D eigenvalue weighted by atomic mass is 9.89. The topological polar surface area (TPSA) is 235 Å². The SMILES string of the molecule is N=C(N)c1ccc2nc(-c3cc(C(CC(=O)O)C(=O)O)cc(-c4cc(C(=O)NCCN5CCOCC5)ccc4O)c3O)[nH]c2c1. The van der Waals surface area contributed by atoms with Crippen LogP contribution < -0.4 is 11.1 Å². The number of H-pyrrole nitrogens is 1. The fourth-order valence-corrected chi connectivity index (χ4v) is 5.22. The van der Waals surface area contributed by atoms with Crippen molar-refractivity contribution in [1.82, 2.24) is 20.2 Å². The predicted octanol–water partition coefficient (Wildman–Crippen LogP) is 2.30. The van der Waals surface area contributed by atoms with Crippen LogP contribution in [0.15, 0.2) is 48.5 Å². The van der Waals surface area contributed by atoms with E-state index in [0.717, 1.165) is 13.1 Å². The number of aromatic amines is 1. The van der Waals surface area contributed by atoms with E-state index in [1.165, 1.54) is 30.3 Å². The molecule has 1 atom stereocenters. The number of aliphatic carboxylic acids is 2. The van der Waals surface area contributed by atoms with E-state index in [4.69, 9.17) is 15.9 Å². The number of nitrogens with one attached hydrogen (secondary N) is 3. The van der Waals surface area contributed by atoms with Gasteiger partial charge in [0.25, 0.3) is 5.91 Å². The molecule has 2 heterocycles. The molecule has 0 saturated carbocycles. The maximum Gasteiger partial charge on any atom is 0.311 e. The van der Waals surface area contributed by atoms with Gasteiger partial charge in [0.05, 0.1) is 42.1 Å². The van der Waals surface area contributed by atoms with Crippen LogP contribution in [-0.2, 0) is 14.3 Å². The highest BCUT2D eigenvalue weighted by molar-refractivity contribution is 5.99. The van der Waals surface area contributed by atoms with Crippen molar-refractivity contribution < 1.29 is 39.5 Å². The minimum atomic E-state index is -1.51. The van der Waals surface area contributed by atoms with Gasteiger partial charge in [0.1, 0.15) is 23.2 Å². The summed E-state index contributed by atoms with van der Waals surface area (Å²) >= 11 is 0. The third-order valence-corrected chi connectivity index (χ3v) is 7.63. The number of nitrogens with two attached hydrogens (primary N) is 1. The summed E-state index contributed by atoms with van der Waals surface area (Å²) in [7, 11) is 0. The summed E-state index contributed by atoms with van der Waals surface area (Å²) < 4.78 is 5.34. The zero-order valence-electron chi connectivity index (χ0n) is 24.0. The molecule has 1 saturated heterocycles. The van der Waals surface area contributed by atoms with Gasteiger partial charge >= 0.3 is 11.9 Å². The number of nitrogen functional groups attached to an aromatic ring is 1. The molecule has 0 spiro atoms. The third kappa shape index (κ3) is 6.87. The van der Waals surface area contributed by atoms with Crippen LogP contribution in [0.2, 0.25) is 0 Å². The van der Waals surface area contributed by atoms with E-state index in [0.29, 0.717) is 42.9 Å². The van der Waals surface area contributed by atoms with Gasteiger partial charge in [-0.2, -0.15) is 0 Å². The molecule has 0 bridgehead atoms. The maximum atomic E-state index is 13.0. The van der Waals surface area contributed by atoms with Gasteiger partial charge in [-0.25, -0.2) is 4.98 Å². The summed E-state index contributed by atoms with van der Waals surface area (Å²) in [5.74, 6) is -5.45. The number of phenols is 2. The van der Waals surface area contributed by atoms with E-state index in [1.807, 2.05) is 0 Å². The number of aromatic hydroxyl groups is 2. The average Bonchev–Trinajstić information content (AvgIpc) is 3.44. The van der Waals surface area contributed by atoms with Crippen LogP contribution in [0, 0.1) is 5.41 Å². The lowest BCUT2D eigenvalue weighted by Gasteiger charge is -2.26. The molecule has 1 aromatic heterocycles. The second-order valence-corrected chi connectivity index (χ2v) is 10.6. The number of ether oxygens (including phenoxy) is 1. The number of aromatic nitrogens is 2. The summed E-state index contributed by atoms with van der Waals surface area (Å²) in [6, 6.07) is 11.5. The normalized spacial score (nSPS) is 14.2. The molecule has 3 aromatic carbocycles. The Morgan fingerprint density at radius 2 is 1.71 bits per heavy atom. The number of imidazole rings is 1. The Labute approximate surface area is 256 Å². The standard InChI is InChI=1S/C31H32N6O8/c32-28(33)16-1-3-23-24(14-16)36-29(35-23)22-13-18(19(31(43)44)15-26(39)40)12-21(27(22)41)20-11-17(2-4-25(20)38)30(42)34-5-6-37-7-9-45-10-8-37/h1-4,11-14,19,38,41H,5-10,15H2,(H3,32,33)(H,34,42)(H,35,36)(H,39,40)(H,43,44). The van der Waals surface area contributed by atoms with Crippen molar-refractivity contribution in [2.75, 3.05) is 39.4 Å². The van der Waals surface area contributed by atoms with E-state index >= 15 is 0 Å². The smallest absolute Gasteiger partial charge is 0.311 e. The van der Waals surface area contributed by atoms with Crippen LogP contribution in [0.3, 0.4) is 0 Å². The van der Waals surface area contributed by atoms with Gasteiger partial charge in [-0.15, -0.1) is 0 Å². The van der Waals surface area contributed by atoms with Crippen LogP contribution in [-0.4, -0.2) is 98.4 Å². The number of rotatable bonds is 11. The Balaban J connectivity index is 1.57. The molecule has 0 radical (unpaired) electrons. The number of carboxylic acid groups (broad SMARTS) is 2. The van der Waals surface area contributed by atoms with E-state index < -0.39 is 35.9 Å². The molecule has 4 aromatic rings. The van der Waals surface area contributed by atoms with Crippen LogP contribution in [0.1, 0.15) is 33.8 Å². The van der Waals surface area contributed by atoms with Gasteiger partial charge in [0.15, 0.2) is 0 Å². The number of carbonyl (C=O) groups is 3. The molecule has 1 aliphatic heterocycles. The number of phenolic OH excluding ortho intramolecular Hbond substituents is 2. The Hall–Kier alpha value is -5.47. The fourth-order valence-electron chi connectivity index (χ4n) is 5.22. The summed E-state index contributed by atoms with van der Waals surface area (Å²) in [6.45, 7) is 3.77. The molecule has 45 heavy (non-hydrogen) atoms. The number of amides is 1. The highest BCUT2D eigenvalue weighted by Gasteiger charge is 2.28. The number of nitrogens with zero attached hydrogens (tertiary/aromatic N) is 2. The molecule has 14 nitrogen and oxygen atoms in total. The molecule has 1 amide bonds. The summed E-state index contributed by atoms with van der Waals surface area (Å²) in [5, 5.41) is 52.3. The third-order valence-electron chi connectivity index (χ3n) is 7.63. The lowest BCUT2D eigenvalue weighted by Crippen LogP contribution is -2.41. The largest absolute Gasteiger partial charge is 0.507 e. The molecule has 1 aliphatic rings. The molecular formula is C31H32N6O8. The molecule has 5 rings (SSSR count). The molecular weight excluding hydrogens is 584 g/mol. The van der Waals surface area contributed by atoms with Gasteiger partial charge in [0.2, 0.25) is 0 Å². The summed E-state index contributed by atoms with van der Waals surface area (Å²) in [6.07, 6.45) is -0.751. The first-order valence-corrected chi connectivity index (χ1v) is 14.1. The number of hydrogen-bond acceptors (Lipinski definition) is 9. The first-order chi connectivity index (χ1) is 21.5. The van der Waals surface area contributed by atoms with Gasteiger partial charge < -0.3 is 41.2 Å². The summed E-state index contributed by atoms with van der Waals surface area (Å²) in [5.41, 5.74) is 7.18. The van der Waals surface area contributed by atoms with Crippen molar-refractivity contribution in [2.45, 2.75) is 12.3 Å².